The van der Waals surface area contributed by atoms with Crippen molar-refractivity contribution in [2.45, 2.75) is 13.0 Å². The fourth-order valence-corrected chi connectivity index (χ4v) is 3.21. The molecule has 1 aliphatic rings. The maximum Gasteiger partial charge on any atom is 0.317 e. The second-order valence-electron chi connectivity index (χ2n) is 7.23. The van der Waals surface area contributed by atoms with Gasteiger partial charge in [-0.3, -0.25) is 34.0 Å². The number of carboxylic acid groups (broad SMARTS) is 2. The van der Waals surface area contributed by atoms with Crippen molar-refractivity contribution in [2.24, 2.45) is 5.73 Å². The van der Waals surface area contributed by atoms with Gasteiger partial charge in [-0.2, -0.15) is 0 Å². The van der Waals surface area contributed by atoms with E-state index in [9.17, 15) is 19.5 Å². The standard InChI is InChI=1S/C17H33N5O6/c1-14(23)10-19-2-4-20(11-15(18)24)5-7-22(13-17(27)28)9-8-21(6-3-19)12-16(25)26/h14,23H,2-13H2,1H3,(H2,18,24)(H,25,26)(H,27,28). The van der Waals surface area contributed by atoms with Gasteiger partial charge in [-0.25, -0.2) is 0 Å². The zero-order valence-corrected chi connectivity index (χ0v) is 16.5. The zero-order valence-electron chi connectivity index (χ0n) is 16.5. The average Bonchev–Trinajstić information content (AvgIpc) is 2.55. The largest absolute Gasteiger partial charge is 0.480 e. The molecule has 0 saturated carbocycles. The van der Waals surface area contributed by atoms with Gasteiger partial charge in [0.05, 0.1) is 25.7 Å². The molecule has 1 fully saturated rings. The minimum atomic E-state index is -0.957. The number of β-amino-alcohol motifs (C(OH)–C–C–N with tert-alkyl or cyclic N) is 1. The maximum atomic E-state index is 11.4. The van der Waals surface area contributed by atoms with E-state index < -0.39 is 23.9 Å². The summed E-state index contributed by atoms with van der Waals surface area (Å²) in [6, 6.07) is 0. The molecular formula is C17H33N5O6. The summed E-state index contributed by atoms with van der Waals surface area (Å²) in [6.07, 6.45) is -0.531. The fourth-order valence-electron chi connectivity index (χ4n) is 3.21. The lowest BCUT2D eigenvalue weighted by molar-refractivity contribution is -0.140. The van der Waals surface area contributed by atoms with Gasteiger partial charge in [0, 0.05) is 58.9 Å². The number of carboxylic acids is 2. The molecule has 1 atom stereocenters. The number of carbonyl (C=O) groups is 3. The average molecular weight is 403 g/mol. The summed E-state index contributed by atoms with van der Waals surface area (Å²) in [5, 5.41) is 28.0. The van der Waals surface area contributed by atoms with Gasteiger partial charge in [-0.15, -0.1) is 0 Å². The van der Waals surface area contributed by atoms with Gasteiger partial charge in [-0.05, 0) is 6.92 Å². The number of aliphatic carboxylic acids is 2. The first-order valence-electron chi connectivity index (χ1n) is 9.45. The van der Waals surface area contributed by atoms with Crippen LogP contribution in [0.4, 0.5) is 0 Å². The van der Waals surface area contributed by atoms with Gasteiger partial charge in [0.1, 0.15) is 0 Å². The fraction of sp³-hybridized carbons (Fsp3) is 0.824. The van der Waals surface area contributed by atoms with E-state index >= 15 is 0 Å². The lowest BCUT2D eigenvalue weighted by atomic mass is 10.3. The number of amides is 1. The van der Waals surface area contributed by atoms with E-state index in [0.29, 0.717) is 58.9 Å². The van der Waals surface area contributed by atoms with Crippen molar-refractivity contribution in [2.75, 3.05) is 78.5 Å². The van der Waals surface area contributed by atoms with Crippen LogP contribution in [-0.2, 0) is 14.4 Å². The van der Waals surface area contributed by atoms with Crippen molar-refractivity contribution in [3.63, 3.8) is 0 Å². The summed E-state index contributed by atoms with van der Waals surface area (Å²) in [5.41, 5.74) is 5.33. The Morgan fingerprint density at radius 3 is 1.36 bits per heavy atom. The predicted molar refractivity (Wildman–Crippen MR) is 102 cm³/mol. The van der Waals surface area contributed by atoms with Gasteiger partial charge in [0.2, 0.25) is 5.91 Å². The van der Waals surface area contributed by atoms with Crippen LogP contribution in [0.2, 0.25) is 0 Å². The number of nitrogens with zero attached hydrogens (tertiary/aromatic N) is 4. The molecule has 1 amide bonds. The van der Waals surface area contributed by atoms with E-state index in [0.717, 1.165) is 0 Å². The van der Waals surface area contributed by atoms with Crippen LogP contribution >= 0.6 is 0 Å². The Morgan fingerprint density at radius 1 is 0.750 bits per heavy atom. The molecule has 5 N–H and O–H groups in total. The molecule has 0 radical (unpaired) electrons. The van der Waals surface area contributed by atoms with Gasteiger partial charge < -0.3 is 21.1 Å². The number of aliphatic hydroxyl groups is 1. The molecule has 1 saturated heterocycles. The van der Waals surface area contributed by atoms with Crippen molar-refractivity contribution in [1.82, 2.24) is 19.6 Å². The molecule has 11 heteroatoms. The Hall–Kier alpha value is -1.79. The van der Waals surface area contributed by atoms with E-state index in [-0.39, 0.29) is 19.6 Å². The number of primary amides is 1. The molecule has 0 spiro atoms. The minimum Gasteiger partial charge on any atom is -0.480 e. The van der Waals surface area contributed by atoms with Crippen LogP contribution in [0.25, 0.3) is 0 Å². The van der Waals surface area contributed by atoms with E-state index in [1.807, 2.05) is 9.80 Å². The Balaban J connectivity index is 2.89. The molecule has 11 nitrogen and oxygen atoms in total. The number of nitrogens with two attached hydrogens (primary N) is 1. The second kappa shape index (κ2) is 12.6. The van der Waals surface area contributed by atoms with Crippen molar-refractivity contribution < 1.29 is 29.7 Å². The quantitative estimate of drug-likeness (QED) is 0.335. The molecule has 0 bridgehead atoms. The number of aliphatic hydroxyl groups excluding tert-OH is 1. The lowest BCUT2D eigenvalue weighted by Gasteiger charge is -2.33. The molecule has 1 unspecified atom stereocenters. The number of carbonyl (C=O) groups excluding carboxylic acids is 1. The summed E-state index contributed by atoms with van der Waals surface area (Å²) in [7, 11) is 0. The Labute approximate surface area is 165 Å². The van der Waals surface area contributed by atoms with E-state index in [1.54, 1.807) is 16.7 Å². The lowest BCUT2D eigenvalue weighted by Crippen LogP contribution is -2.49. The zero-order chi connectivity index (χ0) is 21.1. The van der Waals surface area contributed by atoms with Crippen LogP contribution in [0.1, 0.15) is 6.92 Å². The molecule has 0 aromatic carbocycles. The van der Waals surface area contributed by atoms with E-state index in [1.165, 1.54) is 0 Å². The van der Waals surface area contributed by atoms with Crippen molar-refractivity contribution in [1.29, 1.82) is 0 Å². The maximum absolute atomic E-state index is 11.4. The SMILES string of the molecule is CC(O)CN1CCN(CC(N)=O)CCN(CC(=O)O)CCN(CC(=O)O)CC1. The first-order valence-corrected chi connectivity index (χ1v) is 9.45. The number of hydrogen-bond acceptors (Lipinski definition) is 8. The summed E-state index contributed by atoms with van der Waals surface area (Å²) < 4.78 is 0. The smallest absolute Gasteiger partial charge is 0.317 e. The Morgan fingerprint density at radius 2 is 1.07 bits per heavy atom. The summed E-state index contributed by atoms with van der Waals surface area (Å²) in [5.74, 6) is -2.35. The van der Waals surface area contributed by atoms with E-state index in [2.05, 4.69) is 0 Å². The third-order valence-corrected chi connectivity index (χ3v) is 4.55. The Bertz CT molecular complexity index is 486. The molecule has 1 heterocycles. The second-order valence-corrected chi connectivity index (χ2v) is 7.23. The van der Waals surface area contributed by atoms with Crippen LogP contribution < -0.4 is 5.73 Å². The minimum absolute atomic E-state index is 0.0779. The van der Waals surface area contributed by atoms with Gasteiger partial charge in [0.25, 0.3) is 0 Å². The predicted octanol–water partition coefficient (Wildman–Crippen LogP) is -2.76. The first-order chi connectivity index (χ1) is 13.2. The topological polar surface area (TPSA) is 151 Å². The summed E-state index contributed by atoms with van der Waals surface area (Å²) in [4.78, 5) is 41.1. The van der Waals surface area contributed by atoms with Crippen LogP contribution in [0.3, 0.4) is 0 Å². The van der Waals surface area contributed by atoms with Crippen LogP contribution in [0.15, 0.2) is 0 Å². The highest BCUT2D eigenvalue weighted by atomic mass is 16.4. The van der Waals surface area contributed by atoms with Crippen LogP contribution in [0, 0.1) is 0 Å². The molecule has 162 valence electrons. The number of rotatable bonds is 8. The van der Waals surface area contributed by atoms with Crippen molar-refractivity contribution in [3.8, 4) is 0 Å². The van der Waals surface area contributed by atoms with Crippen molar-refractivity contribution >= 4 is 17.8 Å². The van der Waals surface area contributed by atoms with Gasteiger partial charge >= 0.3 is 11.9 Å². The molecule has 1 aliphatic heterocycles. The Kier molecular flexibility index (Phi) is 10.9. The van der Waals surface area contributed by atoms with Crippen LogP contribution in [-0.4, -0.2) is 137 Å². The normalized spacial score (nSPS) is 20.8. The van der Waals surface area contributed by atoms with E-state index in [4.69, 9.17) is 15.9 Å². The highest BCUT2D eigenvalue weighted by Crippen LogP contribution is 2.02. The van der Waals surface area contributed by atoms with Crippen molar-refractivity contribution in [3.05, 3.63) is 0 Å². The molecule has 0 aromatic rings. The highest BCUT2D eigenvalue weighted by molar-refractivity contribution is 5.75. The molecule has 0 aromatic heterocycles. The molecule has 1 rings (SSSR count). The van der Waals surface area contributed by atoms with Gasteiger partial charge in [0.15, 0.2) is 0 Å². The van der Waals surface area contributed by atoms with Crippen LogP contribution in [0.5, 0.6) is 0 Å². The number of hydrogen-bond donors (Lipinski definition) is 4. The first kappa shape index (κ1) is 24.2. The monoisotopic (exact) mass is 403 g/mol. The third-order valence-electron chi connectivity index (χ3n) is 4.55. The highest BCUT2D eigenvalue weighted by Gasteiger charge is 2.20. The molecule has 28 heavy (non-hydrogen) atoms. The van der Waals surface area contributed by atoms with Gasteiger partial charge in [-0.1, -0.05) is 0 Å². The molecular weight excluding hydrogens is 370 g/mol. The summed E-state index contributed by atoms with van der Waals surface area (Å²) >= 11 is 0. The third kappa shape index (κ3) is 11.1. The molecule has 0 aliphatic carbocycles. The summed E-state index contributed by atoms with van der Waals surface area (Å²) in [6.45, 7) is 5.80.